The van der Waals surface area contributed by atoms with Gasteiger partial charge < -0.3 is 4.90 Å². The first-order valence-corrected chi connectivity index (χ1v) is 9.01. The minimum Gasteiger partial charge on any atom is -0.378 e. The summed E-state index contributed by atoms with van der Waals surface area (Å²) in [5, 5.41) is 0.579. The van der Waals surface area contributed by atoms with Crippen molar-refractivity contribution in [2.24, 2.45) is 0 Å². The van der Waals surface area contributed by atoms with Crippen molar-refractivity contribution in [3.8, 4) is 5.69 Å². The molecule has 6 heteroatoms. The van der Waals surface area contributed by atoms with Gasteiger partial charge in [-0.05, 0) is 48.0 Å². The topological polar surface area (TPSA) is 43.1 Å². The van der Waals surface area contributed by atoms with Crippen LogP contribution in [0.2, 0.25) is 5.02 Å². The van der Waals surface area contributed by atoms with Crippen molar-refractivity contribution in [2.45, 2.75) is 6.54 Å². The van der Waals surface area contributed by atoms with Crippen molar-refractivity contribution >= 4 is 28.5 Å². The lowest BCUT2D eigenvalue weighted by Gasteiger charge is -2.12. The predicted molar refractivity (Wildman–Crippen MR) is 110 cm³/mol. The first-order chi connectivity index (χ1) is 13.0. The molecule has 0 spiro atoms. The van der Waals surface area contributed by atoms with E-state index in [4.69, 9.17) is 11.6 Å². The summed E-state index contributed by atoms with van der Waals surface area (Å²) in [5.41, 5.74) is 4.15. The molecular formula is C21H19ClN4O. The van der Waals surface area contributed by atoms with Crippen molar-refractivity contribution in [1.82, 2.24) is 14.1 Å². The van der Waals surface area contributed by atoms with Crippen LogP contribution in [0, 0.1) is 0 Å². The van der Waals surface area contributed by atoms with E-state index in [9.17, 15) is 4.79 Å². The fraction of sp³-hybridized carbons (Fsp3) is 0.143. The molecule has 2 aromatic heterocycles. The molecule has 4 aromatic rings. The second-order valence-electron chi connectivity index (χ2n) is 6.59. The summed E-state index contributed by atoms with van der Waals surface area (Å²) in [5.74, 6) is 0. The molecule has 2 aromatic carbocycles. The fourth-order valence-corrected chi connectivity index (χ4v) is 3.35. The van der Waals surface area contributed by atoms with Crippen molar-refractivity contribution in [3.05, 3.63) is 87.9 Å². The molecule has 0 aliphatic rings. The largest absolute Gasteiger partial charge is 0.378 e. The number of anilines is 1. The third-order valence-electron chi connectivity index (χ3n) is 4.55. The Morgan fingerprint density at radius 1 is 1.04 bits per heavy atom. The maximum atomic E-state index is 13.2. The highest BCUT2D eigenvalue weighted by Crippen LogP contribution is 2.20. The number of halogens is 1. The normalized spacial score (nSPS) is 11.1. The Hall–Kier alpha value is -3.05. The summed E-state index contributed by atoms with van der Waals surface area (Å²) < 4.78 is 3.35. The van der Waals surface area contributed by atoms with E-state index in [-0.39, 0.29) is 5.69 Å². The number of rotatable bonds is 4. The van der Waals surface area contributed by atoms with E-state index in [1.54, 1.807) is 27.5 Å². The number of imidazole rings is 1. The van der Waals surface area contributed by atoms with Crippen LogP contribution >= 0.6 is 11.6 Å². The summed E-state index contributed by atoms with van der Waals surface area (Å²) in [6.45, 7) is 0.475. The van der Waals surface area contributed by atoms with Gasteiger partial charge in [-0.2, -0.15) is 0 Å². The zero-order valence-corrected chi connectivity index (χ0v) is 15.9. The average Bonchev–Trinajstić information content (AvgIpc) is 2.94. The van der Waals surface area contributed by atoms with E-state index in [1.807, 2.05) is 55.4 Å². The Kier molecular flexibility index (Phi) is 4.46. The second-order valence-corrected chi connectivity index (χ2v) is 7.03. The smallest absolute Gasteiger partial charge is 0.335 e. The molecule has 136 valence electrons. The van der Waals surface area contributed by atoms with Crippen molar-refractivity contribution in [3.63, 3.8) is 0 Å². The number of hydrogen-bond donors (Lipinski definition) is 0. The van der Waals surface area contributed by atoms with Crippen LogP contribution in [0.1, 0.15) is 5.56 Å². The molecule has 0 aliphatic carbocycles. The van der Waals surface area contributed by atoms with Gasteiger partial charge in [-0.1, -0.05) is 29.8 Å². The van der Waals surface area contributed by atoms with Crippen LogP contribution in [0.15, 0.2) is 71.7 Å². The number of aromatic nitrogens is 3. The van der Waals surface area contributed by atoms with Crippen LogP contribution in [0.3, 0.4) is 0 Å². The molecule has 0 bridgehead atoms. The van der Waals surface area contributed by atoms with E-state index < -0.39 is 0 Å². The number of nitrogens with zero attached hydrogens (tertiary/aromatic N) is 4. The van der Waals surface area contributed by atoms with E-state index in [1.165, 1.54) is 0 Å². The Bertz CT molecular complexity index is 1160. The summed E-state index contributed by atoms with van der Waals surface area (Å²) in [6.07, 6.45) is 1.69. The first-order valence-electron chi connectivity index (χ1n) is 8.63. The highest BCUT2D eigenvalue weighted by atomic mass is 35.5. The van der Waals surface area contributed by atoms with E-state index in [2.05, 4.69) is 17.1 Å². The molecule has 0 saturated carbocycles. The number of benzene rings is 2. The lowest BCUT2D eigenvalue weighted by molar-refractivity contribution is 0.763. The van der Waals surface area contributed by atoms with Crippen LogP contribution in [0.5, 0.6) is 0 Å². The highest BCUT2D eigenvalue weighted by molar-refractivity contribution is 6.30. The minimum absolute atomic E-state index is 0.136. The molecule has 5 nitrogen and oxygen atoms in total. The lowest BCUT2D eigenvalue weighted by Crippen LogP contribution is -2.23. The Morgan fingerprint density at radius 2 is 1.81 bits per heavy atom. The quantitative estimate of drug-likeness (QED) is 0.540. The molecule has 2 heterocycles. The van der Waals surface area contributed by atoms with Crippen LogP contribution in [-0.2, 0) is 6.54 Å². The fourth-order valence-electron chi connectivity index (χ4n) is 3.17. The number of pyridine rings is 1. The van der Waals surface area contributed by atoms with Gasteiger partial charge in [-0.25, -0.2) is 14.3 Å². The third-order valence-corrected chi connectivity index (χ3v) is 4.79. The van der Waals surface area contributed by atoms with Gasteiger partial charge in [-0.15, -0.1) is 0 Å². The molecule has 0 radical (unpaired) electrons. The predicted octanol–water partition coefficient (Wildman–Crippen LogP) is 3.95. The summed E-state index contributed by atoms with van der Waals surface area (Å²) in [7, 11) is 4.01. The lowest BCUT2D eigenvalue weighted by atomic mass is 10.2. The summed E-state index contributed by atoms with van der Waals surface area (Å²) >= 11 is 6.13. The van der Waals surface area contributed by atoms with E-state index >= 15 is 0 Å². The van der Waals surface area contributed by atoms with Crippen LogP contribution in [0.4, 0.5) is 5.69 Å². The molecule has 0 N–H and O–H groups in total. The molecular weight excluding hydrogens is 360 g/mol. The molecule has 0 saturated heterocycles. The summed E-state index contributed by atoms with van der Waals surface area (Å²) in [6, 6.07) is 19.2. The van der Waals surface area contributed by atoms with Crippen LogP contribution in [0.25, 0.3) is 16.9 Å². The van der Waals surface area contributed by atoms with Crippen molar-refractivity contribution < 1.29 is 0 Å². The van der Waals surface area contributed by atoms with Crippen molar-refractivity contribution in [2.75, 3.05) is 19.0 Å². The van der Waals surface area contributed by atoms with Crippen LogP contribution < -0.4 is 10.6 Å². The zero-order valence-electron chi connectivity index (χ0n) is 15.1. The van der Waals surface area contributed by atoms with Crippen molar-refractivity contribution in [1.29, 1.82) is 0 Å². The first kappa shape index (κ1) is 17.4. The Labute approximate surface area is 162 Å². The number of fused-ring (bicyclic) bond motifs is 1. The van der Waals surface area contributed by atoms with E-state index in [0.29, 0.717) is 22.9 Å². The molecule has 0 aliphatic heterocycles. The monoisotopic (exact) mass is 378 g/mol. The standard InChI is InChI=1S/C21H19ClN4O/c1-24(2)17-10-8-15(9-11-17)14-25-19-7-4-12-23-20(19)26(21(25)27)18-6-3-5-16(22)13-18/h3-13H,14H2,1-2H3. The van der Waals surface area contributed by atoms with Crippen LogP contribution in [-0.4, -0.2) is 28.2 Å². The molecule has 0 atom stereocenters. The van der Waals surface area contributed by atoms with Gasteiger partial charge in [0.25, 0.3) is 0 Å². The number of hydrogen-bond acceptors (Lipinski definition) is 3. The van der Waals surface area contributed by atoms with E-state index in [0.717, 1.165) is 16.8 Å². The molecule has 27 heavy (non-hydrogen) atoms. The van der Waals surface area contributed by atoms with Gasteiger partial charge in [0.15, 0.2) is 5.65 Å². The SMILES string of the molecule is CN(C)c1ccc(Cn2c(=O)n(-c3cccc(Cl)c3)c3ncccc32)cc1. The second kappa shape index (κ2) is 6.93. The molecule has 0 fully saturated rings. The van der Waals surface area contributed by atoms with Gasteiger partial charge >= 0.3 is 5.69 Å². The molecule has 0 amide bonds. The van der Waals surface area contributed by atoms with Gasteiger partial charge in [0.2, 0.25) is 0 Å². The third kappa shape index (κ3) is 3.22. The van der Waals surface area contributed by atoms with Gasteiger partial charge in [-0.3, -0.25) is 4.57 Å². The highest BCUT2D eigenvalue weighted by Gasteiger charge is 2.16. The van der Waals surface area contributed by atoms with Gasteiger partial charge in [0, 0.05) is 31.0 Å². The Morgan fingerprint density at radius 3 is 2.52 bits per heavy atom. The minimum atomic E-state index is -0.136. The zero-order chi connectivity index (χ0) is 19.0. The molecule has 0 unspecified atom stereocenters. The Balaban J connectivity index is 1.84. The molecule has 4 rings (SSSR count). The van der Waals surface area contributed by atoms with Gasteiger partial charge in [0.05, 0.1) is 17.7 Å². The maximum absolute atomic E-state index is 13.2. The van der Waals surface area contributed by atoms with Gasteiger partial charge in [0.1, 0.15) is 0 Å². The summed E-state index contributed by atoms with van der Waals surface area (Å²) in [4.78, 5) is 19.7. The maximum Gasteiger partial charge on any atom is 0.335 e. The average molecular weight is 379 g/mol.